The Morgan fingerprint density at radius 1 is 1.03 bits per heavy atom. The zero-order chi connectivity index (χ0) is 27.2. The number of hydrogen-bond donors (Lipinski definition) is 2. The van der Waals surface area contributed by atoms with E-state index in [1.54, 1.807) is 11.8 Å². The number of nitrogens with one attached hydrogen (secondary N) is 2. The number of sulfonamides is 1. The standard InChI is InChI=1S/C27H38N4O4S/c1-16-14-17(2)23(29-36(9,34)35)18(3)22(16)28-25(32)24-21-15-20(30(7)8)11-10-19(21)12-13-31(24)26(33)27(4,5)6/h10-11,14-15,24,29H,12-13H2,1-9H3,(H,28,32). The predicted octanol–water partition coefficient (Wildman–Crippen LogP) is 4.16. The summed E-state index contributed by atoms with van der Waals surface area (Å²) < 4.78 is 26.5. The maximum Gasteiger partial charge on any atom is 0.251 e. The lowest BCUT2D eigenvalue weighted by Gasteiger charge is -2.40. The number of rotatable bonds is 5. The first-order valence-electron chi connectivity index (χ1n) is 12.0. The summed E-state index contributed by atoms with van der Waals surface area (Å²) in [5, 5.41) is 3.05. The van der Waals surface area contributed by atoms with Crippen LogP contribution in [0.15, 0.2) is 24.3 Å². The monoisotopic (exact) mass is 514 g/mol. The molecule has 0 spiro atoms. The fourth-order valence-electron chi connectivity index (χ4n) is 4.72. The van der Waals surface area contributed by atoms with E-state index in [0.717, 1.165) is 34.2 Å². The van der Waals surface area contributed by atoms with Crippen LogP contribution in [0.1, 0.15) is 54.6 Å². The van der Waals surface area contributed by atoms with Crippen molar-refractivity contribution in [3.8, 4) is 0 Å². The molecule has 36 heavy (non-hydrogen) atoms. The molecule has 0 saturated heterocycles. The van der Waals surface area contributed by atoms with Gasteiger partial charge in [0.2, 0.25) is 15.9 Å². The van der Waals surface area contributed by atoms with Crippen LogP contribution in [0.25, 0.3) is 0 Å². The van der Waals surface area contributed by atoms with Crippen LogP contribution in [-0.2, 0) is 26.0 Å². The van der Waals surface area contributed by atoms with E-state index in [2.05, 4.69) is 10.0 Å². The van der Waals surface area contributed by atoms with Crippen LogP contribution in [0.4, 0.5) is 17.1 Å². The summed E-state index contributed by atoms with van der Waals surface area (Å²) in [5.41, 5.74) is 5.31. The Bertz CT molecular complexity index is 1310. The van der Waals surface area contributed by atoms with Gasteiger partial charge in [0, 0.05) is 37.4 Å². The molecule has 1 aliphatic heterocycles. The van der Waals surface area contributed by atoms with Gasteiger partial charge < -0.3 is 15.1 Å². The molecule has 0 saturated carbocycles. The minimum absolute atomic E-state index is 0.0969. The number of fused-ring (bicyclic) bond motifs is 1. The first-order valence-corrected chi connectivity index (χ1v) is 13.9. The summed E-state index contributed by atoms with van der Waals surface area (Å²) in [6.07, 6.45) is 1.76. The Balaban J connectivity index is 2.12. The van der Waals surface area contributed by atoms with Crippen LogP contribution in [0.5, 0.6) is 0 Å². The molecule has 0 fully saturated rings. The topological polar surface area (TPSA) is 98.8 Å². The molecular formula is C27H38N4O4S. The van der Waals surface area contributed by atoms with Crippen molar-refractivity contribution in [2.75, 3.05) is 41.8 Å². The van der Waals surface area contributed by atoms with Crippen LogP contribution < -0.4 is 14.9 Å². The number of anilines is 3. The molecule has 1 unspecified atom stereocenters. The highest BCUT2D eigenvalue weighted by Crippen LogP contribution is 2.38. The highest BCUT2D eigenvalue weighted by molar-refractivity contribution is 7.92. The quantitative estimate of drug-likeness (QED) is 0.624. The molecule has 9 heteroatoms. The molecule has 2 aromatic carbocycles. The van der Waals surface area contributed by atoms with Crippen LogP contribution >= 0.6 is 0 Å². The molecule has 1 atom stereocenters. The smallest absolute Gasteiger partial charge is 0.251 e. The number of carbonyl (C=O) groups excluding carboxylic acids is 2. The van der Waals surface area contributed by atoms with Gasteiger partial charge in [0.1, 0.15) is 6.04 Å². The number of aryl methyl sites for hydroxylation is 2. The van der Waals surface area contributed by atoms with Crippen molar-refractivity contribution < 1.29 is 18.0 Å². The van der Waals surface area contributed by atoms with Gasteiger partial charge in [-0.2, -0.15) is 0 Å². The maximum absolute atomic E-state index is 14.0. The third-order valence-electron chi connectivity index (χ3n) is 6.53. The van der Waals surface area contributed by atoms with Gasteiger partial charge in [-0.1, -0.05) is 32.9 Å². The lowest BCUT2D eigenvalue weighted by atomic mass is 9.87. The molecule has 2 aromatic rings. The normalized spacial score (nSPS) is 15.8. The summed E-state index contributed by atoms with van der Waals surface area (Å²) in [7, 11) is 0.365. The van der Waals surface area contributed by atoms with E-state index in [-0.39, 0.29) is 11.8 Å². The lowest BCUT2D eigenvalue weighted by molar-refractivity contribution is -0.146. The largest absolute Gasteiger partial charge is 0.378 e. The number of amides is 2. The molecule has 2 amide bonds. The van der Waals surface area contributed by atoms with Crippen molar-refractivity contribution in [2.24, 2.45) is 5.41 Å². The summed E-state index contributed by atoms with van der Waals surface area (Å²) >= 11 is 0. The maximum atomic E-state index is 14.0. The van der Waals surface area contributed by atoms with Crippen LogP contribution in [0.2, 0.25) is 0 Å². The molecule has 3 rings (SSSR count). The SMILES string of the molecule is Cc1cc(C)c(NS(C)(=O)=O)c(C)c1NC(=O)C1c2cc(N(C)C)ccc2CCN1C(=O)C(C)(C)C. The van der Waals surface area contributed by atoms with E-state index in [1.807, 2.05) is 77.9 Å². The summed E-state index contributed by atoms with van der Waals surface area (Å²) in [5.74, 6) is -0.426. The molecule has 0 bridgehead atoms. The molecule has 2 N–H and O–H groups in total. The van der Waals surface area contributed by atoms with Gasteiger partial charge in [-0.25, -0.2) is 8.42 Å². The van der Waals surface area contributed by atoms with E-state index in [1.165, 1.54) is 0 Å². The highest BCUT2D eigenvalue weighted by Gasteiger charge is 2.40. The van der Waals surface area contributed by atoms with Gasteiger partial charge >= 0.3 is 0 Å². The van der Waals surface area contributed by atoms with Gasteiger partial charge in [-0.3, -0.25) is 14.3 Å². The zero-order valence-electron chi connectivity index (χ0n) is 22.7. The molecular weight excluding hydrogens is 476 g/mol. The molecule has 0 radical (unpaired) electrons. The van der Waals surface area contributed by atoms with Gasteiger partial charge in [-0.15, -0.1) is 0 Å². The summed E-state index contributed by atoms with van der Waals surface area (Å²) in [6, 6.07) is 7.06. The molecule has 0 aliphatic carbocycles. The summed E-state index contributed by atoms with van der Waals surface area (Å²) in [4.78, 5) is 31.1. The van der Waals surface area contributed by atoms with Crippen molar-refractivity contribution in [1.82, 2.24) is 4.90 Å². The third-order valence-corrected chi connectivity index (χ3v) is 7.11. The number of hydrogen-bond acceptors (Lipinski definition) is 5. The zero-order valence-corrected chi connectivity index (χ0v) is 23.6. The molecule has 1 aliphatic rings. The number of carbonyl (C=O) groups is 2. The van der Waals surface area contributed by atoms with Crippen molar-refractivity contribution in [3.05, 3.63) is 52.1 Å². The minimum atomic E-state index is -3.51. The molecule has 1 heterocycles. The first kappa shape index (κ1) is 27.5. The lowest BCUT2D eigenvalue weighted by Crippen LogP contribution is -2.49. The van der Waals surface area contributed by atoms with E-state index < -0.39 is 21.5 Å². The second kappa shape index (κ2) is 9.76. The van der Waals surface area contributed by atoms with Crippen LogP contribution in [0, 0.1) is 26.2 Å². The van der Waals surface area contributed by atoms with Crippen molar-refractivity contribution >= 4 is 38.9 Å². The van der Waals surface area contributed by atoms with Gasteiger partial charge in [0.25, 0.3) is 5.91 Å². The van der Waals surface area contributed by atoms with Crippen molar-refractivity contribution in [1.29, 1.82) is 0 Å². The first-order chi connectivity index (χ1) is 16.5. The van der Waals surface area contributed by atoms with Gasteiger partial charge in [-0.05, 0) is 67.1 Å². The average Bonchev–Trinajstić information content (AvgIpc) is 2.76. The van der Waals surface area contributed by atoms with Crippen molar-refractivity contribution in [3.63, 3.8) is 0 Å². The van der Waals surface area contributed by atoms with E-state index in [0.29, 0.717) is 29.9 Å². The Morgan fingerprint density at radius 3 is 2.19 bits per heavy atom. The third kappa shape index (κ3) is 5.67. The Hall–Kier alpha value is -3.07. The molecule has 0 aromatic heterocycles. The molecule has 8 nitrogen and oxygen atoms in total. The fourth-order valence-corrected chi connectivity index (χ4v) is 5.41. The Kier molecular flexibility index (Phi) is 7.46. The van der Waals surface area contributed by atoms with Crippen LogP contribution in [-0.4, -0.2) is 52.0 Å². The van der Waals surface area contributed by atoms with Crippen molar-refractivity contribution in [2.45, 2.75) is 54.0 Å². The number of nitrogens with zero attached hydrogens (tertiary/aromatic N) is 2. The predicted molar refractivity (Wildman–Crippen MR) is 146 cm³/mol. The van der Waals surface area contributed by atoms with Gasteiger partial charge in [0.15, 0.2) is 0 Å². The average molecular weight is 515 g/mol. The minimum Gasteiger partial charge on any atom is -0.378 e. The van der Waals surface area contributed by atoms with E-state index in [9.17, 15) is 18.0 Å². The Labute approximate surface area is 215 Å². The summed E-state index contributed by atoms with van der Waals surface area (Å²) in [6.45, 7) is 11.5. The Morgan fingerprint density at radius 2 is 1.64 bits per heavy atom. The van der Waals surface area contributed by atoms with Crippen LogP contribution in [0.3, 0.4) is 0 Å². The second-order valence-corrected chi connectivity index (χ2v) is 12.7. The number of benzene rings is 2. The second-order valence-electron chi connectivity index (χ2n) is 10.9. The molecule has 196 valence electrons. The van der Waals surface area contributed by atoms with Gasteiger partial charge in [0.05, 0.1) is 11.9 Å². The highest BCUT2D eigenvalue weighted by atomic mass is 32.2. The van der Waals surface area contributed by atoms with E-state index in [4.69, 9.17) is 0 Å². The fraction of sp³-hybridized carbons (Fsp3) is 0.481. The van der Waals surface area contributed by atoms with E-state index >= 15 is 0 Å².